The van der Waals surface area contributed by atoms with Crippen LogP contribution in [0, 0.1) is 0 Å². The Morgan fingerprint density at radius 3 is 2.53 bits per heavy atom. The Bertz CT molecular complexity index is 1200. The van der Waals surface area contributed by atoms with E-state index in [0.29, 0.717) is 45.0 Å². The largest absolute Gasteiger partial charge is 0.345 e. The molecule has 5 heterocycles. The highest BCUT2D eigenvalue weighted by Crippen LogP contribution is 2.28. The number of fused-ring (bicyclic) bond motifs is 1. The number of sulfonamides is 1. The minimum absolute atomic E-state index is 0.141. The Hall–Kier alpha value is -2.50. The number of pyridine rings is 1. The fourth-order valence-electron chi connectivity index (χ4n) is 4.30. The van der Waals surface area contributed by atoms with Gasteiger partial charge in [0, 0.05) is 58.7 Å². The van der Waals surface area contributed by atoms with Crippen molar-refractivity contribution in [3.8, 4) is 0 Å². The number of carbonyl (C=O) groups is 1. The molecular weight excluding hydrogens is 448 g/mol. The summed E-state index contributed by atoms with van der Waals surface area (Å²) in [5.41, 5.74) is 1.29. The van der Waals surface area contributed by atoms with Crippen LogP contribution in [0.3, 0.4) is 0 Å². The summed E-state index contributed by atoms with van der Waals surface area (Å²) in [5.74, 6) is -0.141. The van der Waals surface area contributed by atoms with E-state index in [2.05, 4.69) is 14.9 Å². The molecule has 170 valence electrons. The Kier molecular flexibility index (Phi) is 5.64. The second kappa shape index (κ2) is 8.45. The quantitative estimate of drug-likeness (QED) is 0.576. The normalized spacial score (nSPS) is 18.4. The van der Waals surface area contributed by atoms with Crippen LogP contribution in [0.1, 0.15) is 29.8 Å². The number of amides is 1. The molecule has 0 aliphatic carbocycles. The number of piperazine rings is 1. The molecule has 2 aliphatic heterocycles. The van der Waals surface area contributed by atoms with Crippen LogP contribution >= 0.6 is 11.3 Å². The first kappa shape index (κ1) is 21.4. The molecule has 32 heavy (non-hydrogen) atoms. The van der Waals surface area contributed by atoms with Crippen LogP contribution in [0.25, 0.3) is 10.3 Å². The van der Waals surface area contributed by atoms with Crippen LogP contribution in [0.5, 0.6) is 0 Å². The molecule has 2 saturated heterocycles. The predicted octanol–water partition coefficient (Wildman–Crippen LogP) is 2.17. The average Bonchev–Trinajstić information content (AvgIpc) is 3.43. The zero-order chi connectivity index (χ0) is 22.3. The maximum absolute atomic E-state index is 13.2. The first-order valence-corrected chi connectivity index (χ1v) is 13.1. The summed E-state index contributed by atoms with van der Waals surface area (Å²) in [4.78, 5) is 27.3. The SMILES string of the molecule is Cn1cc(S(=O)(=O)N2CCCCC2)cc1C(=O)N1CCN(c2nc3cccnc3s2)CC1. The van der Waals surface area contributed by atoms with Crippen LogP contribution in [-0.4, -0.2) is 77.3 Å². The summed E-state index contributed by atoms with van der Waals surface area (Å²) >= 11 is 1.56. The number of hydrogen-bond acceptors (Lipinski definition) is 7. The fraction of sp³-hybridized carbons (Fsp3) is 0.476. The zero-order valence-electron chi connectivity index (χ0n) is 18.0. The van der Waals surface area contributed by atoms with E-state index in [1.807, 2.05) is 12.1 Å². The molecule has 0 unspecified atom stereocenters. The highest BCUT2D eigenvalue weighted by atomic mass is 32.2. The van der Waals surface area contributed by atoms with Gasteiger partial charge in [0.1, 0.15) is 20.9 Å². The molecule has 0 spiro atoms. The number of rotatable bonds is 4. The van der Waals surface area contributed by atoms with Gasteiger partial charge in [-0.15, -0.1) is 0 Å². The first-order chi connectivity index (χ1) is 15.4. The first-order valence-electron chi connectivity index (χ1n) is 10.9. The van der Waals surface area contributed by atoms with E-state index in [9.17, 15) is 13.2 Å². The minimum atomic E-state index is -3.56. The van der Waals surface area contributed by atoms with Crippen molar-refractivity contribution in [1.29, 1.82) is 0 Å². The molecule has 1 amide bonds. The lowest BCUT2D eigenvalue weighted by molar-refractivity contribution is 0.0737. The van der Waals surface area contributed by atoms with Gasteiger partial charge >= 0.3 is 0 Å². The molecule has 0 radical (unpaired) electrons. The van der Waals surface area contributed by atoms with Crippen molar-refractivity contribution >= 4 is 42.7 Å². The lowest BCUT2D eigenvalue weighted by Crippen LogP contribution is -2.49. The smallest absolute Gasteiger partial charge is 0.270 e. The number of carbonyl (C=O) groups excluding carboxylic acids is 1. The summed E-state index contributed by atoms with van der Waals surface area (Å²) in [6.07, 6.45) is 6.14. The second-order valence-electron chi connectivity index (χ2n) is 8.24. The van der Waals surface area contributed by atoms with Crippen molar-refractivity contribution < 1.29 is 13.2 Å². The van der Waals surface area contributed by atoms with Gasteiger partial charge in [0.2, 0.25) is 10.0 Å². The van der Waals surface area contributed by atoms with Crippen molar-refractivity contribution in [3.63, 3.8) is 0 Å². The van der Waals surface area contributed by atoms with Crippen molar-refractivity contribution in [1.82, 2.24) is 23.7 Å². The van der Waals surface area contributed by atoms with E-state index >= 15 is 0 Å². The van der Waals surface area contributed by atoms with Crippen LogP contribution in [0.15, 0.2) is 35.5 Å². The maximum Gasteiger partial charge on any atom is 0.270 e. The summed E-state index contributed by atoms with van der Waals surface area (Å²) in [5, 5.41) is 0.916. The molecule has 0 N–H and O–H groups in total. The van der Waals surface area contributed by atoms with Gasteiger partial charge in [0.25, 0.3) is 5.91 Å². The fourth-order valence-corrected chi connectivity index (χ4v) is 6.85. The number of thiazole rings is 1. The average molecular weight is 475 g/mol. The Labute approximate surface area is 191 Å². The monoisotopic (exact) mass is 474 g/mol. The summed E-state index contributed by atoms with van der Waals surface area (Å²) in [6.45, 7) is 3.56. The highest BCUT2D eigenvalue weighted by Gasteiger charge is 2.30. The molecule has 0 aromatic carbocycles. The third-order valence-electron chi connectivity index (χ3n) is 6.14. The van der Waals surface area contributed by atoms with Crippen molar-refractivity contribution in [2.75, 3.05) is 44.2 Å². The molecule has 2 aliphatic rings. The Morgan fingerprint density at radius 1 is 1.06 bits per heavy atom. The zero-order valence-corrected chi connectivity index (χ0v) is 19.6. The van der Waals surface area contributed by atoms with Gasteiger partial charge in [-0.05, 0) is 31.0 Å². The number of nitrogens with zero attached hydrogens (tertiary/aromatic N) is 6. The summed E-state index contributed by atoms with van der Waals surface area (Å²) in [6, 6.07) is 5.35. The van der Waals surface area contributed by atoms with Gasteiger partial charge in [0.05, 0.1) is 0 Å². The second-order valence-corrected chi connectivity index (χ2v) is 11.1. The van der Waals surface area contributed by atoms with Crippen molar-refractivity contribution in [2.45, 2.75) is 24.2 Å². The van der Waals surface area contributed by atoms with Crippen LogP contribution < -0.4 is 4.90 Å². The number of aryl methyl sites for hydroxylation is 1. The number of anilines is 1. The third-order valence-corrected chi connectivity index (χ3v) is 9.05. The molecule has 0 saturated carbocycles. The summed E-state index contributed by atoms with van der Waals surface area (Å²) in [7, 11) is -1.84. The lowest BCUT2D eigenvalue weighted by atomic mass is 10.2. The highest BCUT2D eigenvalue weighted by molar-refractivity contribution is 7.89. The molecule has 2 fully saturated rings. The third kappa shape index (κ3) is 3.89. The number of aromatic nitrogens is 3. The van der Waals surface area contributed by atoms with Gasteiger partial charge in [0.15, 0.2) is 5.13 Å². The van der Waals surface area contributed by atoms with E-state index in [-0.39, 0.29) is 10.8 Å². The van der Waals surface area contributed by atoms with E-state index < -0.39 is 10.0 Å². The Balaban J connectivity index is 1.28. The van der Waals surface area contributed by atoms with E-state index in [4.69, 9.17) is 0 Å². The van der Waals surface area contributed by atoms with Crippen LogP contribution in [-0.2, 0) is 17.1 Å². The molecular formula is C21H26N6O3S2. The van der Waals surface area contributed by atoms with Gasteiger partial charge < -0.3 is 14.4 Å². The standard InChI is InChI=1S/C21H26N6O3S2/c1-24-15-16(32(29,30)27-8-3-2-4-9-27)14-18(24)20(28)25-10-12-26(13-11-25)21-23-17-6-5-7-22-19(17)31-21/h5-7,14-15H,2-4,8-13H2,1H3. The van der Waals surface area contributed by atoms with Crippen molar-refractivity contribution in [3.05, 3.63) is 36.3 Å². The predicted molar refractivity (Wildman–Crippen MR) is 124 cm³/mol. The van der Waals surface area contributed by atoms with E-state index in [0.717, 1.165) is 34.7 Å². The van der Waals surface area contributed by atoms with E-state index in [1.165, 1.54) is 10.4 Å². The number of hydrogen-bond donors (Lipinski definition) is 0. The van der Waals surface area contributed by atoms with Gasteiger partial charge in [-0.2, -0.15) is 4.31 Å². The minimum Gasteiger partial charge on any atom is -0.345 e. The molecule has 9 nitrogen and oxygen atoms in total. The molecule has 5 rings (SSSR count). The maximum atomic E-state index is 13.2. The molecule has 0 atom stereocenters. The molecule has 3 aromatic rings. The number of piperidine rings is 1. The molecule has 0 bridgehead atoms. The van der Waals surface area contributed by atoms with Crippen LogP contribution in [0.4, 0.5) is 5.13 Å². The van der Waals surface area contributed by atoms with Crippen molar-refractivity contribution in [2.24, 2.45) is 7.05 Å². The summed E-state index contributed by atoms with van der Waals surface area (Å²) < 4.78 is 29.2. The molecule has 3 aromatic heterocycles. The Morgan fingerprint density at radius 2 is 1.81 bits per heavy atom. The van der Waals surface area contributed by atoms with Gasteiger partial charge in [-0.1, -0.05) is 17.8 Å². The topological polar surface area (TPSA) is 91.6 Å². The molecule has 11 heteroatoms. The van der Waals surface area contributed by atoms with Gasteiger partial charge in [-0.3, -0.25) is 4.79 Å². The van der Waals surface area contributed by atoms with E-state index in [1.54, 1.807) is 40.2 Å². The van der Waals surface area contributed by atoms with Crippen LogP contribution in [0.2, 0.25) is 0 Å². The lowest BCUT2D eigenvalue weighted by Gasteiger charge is -2.34. The van der Waals surface area contributed by atoms with Gasteiger partial charge in [-0.25, -0.2) is 18.4 Å².